The van der Waals surface area contributed by atoms with E-state index in [0.717, 1.165) is 5.57 Å². The summed E-state index contributed by atoms with van der Waals surface area (Å²) in [5.74, 6) is -0.280. The number of carbonyl (C=O) groups excluding carboxylic acids is 1. The van der Waals surface area contributed by atoms with Crippen LogP contribution in [0, 0.1) is 0 Å². The molecule has 1 aliphatic rings. The molecule has 0 spiro atoms. The first-order valence-electron chi connectivity index (χ1n) is 4.06. The molecule has 0 aromatic heterocycles. The molecule has 1 heterocycles. The summed E-state index contributed by atoms with van der Waals surface area (Å²) in [6, 6.07) is 0. The van der Waals surface area contributed by atoms with Gasteiger partial charge in [0.15, 0.2) is 0 Å². The number of allylic oxidation sites excluding steroid dienone is 1. The van der Waals surface area contributed by atoms with Crippen molar-refractivity contribution in [3.63, 3.8) is 0 Å². The van der Waals surface area contributed by atoms with Crippen molar-refractivity contribution < 1.29 is 14.3 Å². The summed E-state index contributed by atoms with van der Waals surface area (Å²) in [5.41, 5.74) is 0.948. The lowest BCUT2D eigenvalue weighted by molar-refractivity contribution is -0.143. The summed E-state index contributed by atoms with van der Waals surface area (Å²) in [7, 11) is 0. The van der Waals surface area contributed by atoms with E-state index in [2.05, 4.69) is 0 Å². The Kier molecular flexibility index (Phi) is 2.87. The molecule has 1 saturated heterocycles. The molecule has 3 nitrogen and oxygen atoms in total. The van der Waals surface area contributed by atoms with Gasteiger partial charge < -0.3 is 9.47 Å². The van der Waals surface area contributed by atoms with Crippen molar-refractivity contribution in [3.05, 3.63) is 11.6 Å². The van der Waals surface area contributed by atoms with Crippen LogP contribution < -0.4 is 0 Å². The Morgan fingerprint density at radius 3 is 2.67 bits per heavy atom. The fourth-order valence-electron chi connectivity index (χ4n) is 0.855. The van der Waals surface area contributed by atoms with Crippen molar-refractivity contribution in [3.8, 4) is 0 Å². The SMILES string of the molecule is CC(C)=CC(=O)OC(C)C1CO1. The Morgan fingerprint density at radius 2 is 2.25 bits per heavy atom. The molecule has 0 N–H and O–H groups in total. The second-order valence-electron chi connectivity index (χ2n) is 3.24. The maximum absolute atomic E-state index is 11.0. The normalized spacial score (nSPS) is 22.8. The van der Waals surface area contributed by atoms with Crippen LogP contribution in [0.5, 0.6) is 0 Å². The first kappa shape index (κ1) is 9.26. The molecule has 1 aliphatic heterocycles. The highest BCUT2D eigenvalue weighted by Gasteiger charge is 2.31. The molecule has 68 valence electrons. The van der Waals surface area contributed by atoms with Crippen LogP contribution in [0.4, 0.5) is 0 Å². The third-order valence-electron chi connectivity index (χ3n) is 1.59. The highest BCUT2D eigenvalue weighted by molar-refractivity contribution is 5.82. The average molecular weight is 170 g/mol. The van der Waals surface area contributed by atoms with Crippen LogP contribution in [-0.2, 0) is 14.3 Å². The maximum atomic E-state index is 11.0. The zero-order valence-electron chi connectivity index (χ0n) is 7.66. The predicted octanol–water partition coefficient (Wildman–Crippen LogP) is 1.28. The second-order valence-corrected chi connectivity index (χ2v) is 3.24. The highest BCUT2D eigenvalue weighted by Crippen LogP contribution is 2.16. The Bertz CT molecular complexity index is 200. The Morgan fingerprint density at radius 1 is 1.67 bits per heavy atom. The average Bonchev–Trinajstić information content (AvgIpc) is 2.63. The van der Waals surface area contributed by atoms with E-state index in [4.69, 9.17) is 9.47 Å². The molecule has 0 aromatic carbocycles. The van der Waals surface area contributed by atoms with E-state index in [-0.39, 0.29) is 18.2 Å². The molecule has 2 unspecified atom stereocenters. The van der Waals surface area contributed by atoms with Crippen LogP contribution in [0.15, 0.2) is 11.6 Å². The summed E-state index contributed by atoms with van der Waals surface area (Å²) >= 11 is 0. The fourth-order valence-corrected chi connectivity index (χ4v) is 0.855. The van der Waals surface area contributed by atoms with Gasteiger partial charge in [-0.05, 0) is 20.8 Å². The third-order valence-corrected chi connectivity index (χ3v) is 1.59. The number of carbonyl (C=O) groups is 1. The zero-order valence-corrected chi connectivity index (χ0v) is 7.66. The Labute approximate surface area is 72.4 Å². The standard InChI is InChI=1S/C9H14O3/c1-6(2)4-9(10)12-7(3)8-5-11-8/h4,7-8H,5H2,1-3H3. The minimum absolute atomic E-state index is 0.118. The Hall–Kier alpha value is -0.830. The van der Waals surface area contributed by atoms with Gasteiger partial charge in [-0.3, -0.25) is 0 Å². The predicted molar refractivity (Wildman–Crippen MR) is 44.7 cm³/mol. The van der Waals surface area contributed by atoms with E-state index < -0.39 is 0 Å². The van der Waals surface area contributed by atoms with E-state index in [1.165, 1.54) is 6.08 Å². The van der Waals surface area contributed by atoms with Gasteiger partial charge in [-0.15, -0.1) is 0 Å². The number of hydrogen-bond donors (Lipinski definition) is 0. The van der Waals surface area contributed by atoms with Gasteiger partial charge in [-0.1, -0.05) is 5.57 Å². The van der Waals surface area contributed by atoms with Gasteiger partial charge in [0.1, 0.15) is 12.2 Å². The van der Waals surface area contributed by atoms with Crippen molar-refractivity contribution in [2.45, 2.75) is 33.0 Å². The largest absolute Gasteiger partial charge is 0.457 e. The van der Waals surface area contributed by atoms with E-state index in [0.29, 0.717) is 6.61 Å². The van der Waals surface area contributed by atoms with Crippen molar-refractivity contribution >= 4 is 5.97 Å². The van der Waals surface area contributed by atoms with E-state index in [1.54, 1.807) is 0 Å². The first-order valence-corrected chi connectivity index (χ1v) is 4.06. The van der Waals surface area contributed by atoms with Gasteiger partial charge in [0.25, 0.3) is 0 Å². The van der Waals surface area contributed by atoms with Gasteiger partial charge in [-0.25, -0.2) is 4.79 Å². The van der Waals surface area contributed by atoms with Gasteiger partial charge in [0.2, 0.25) is 0 Å². The third kappa shape index (κ3) is 3.05. The lowest BCUT2D eigenvalue weighted by Crippen LogP contribution is -2.18. The molecule has 0 amide bonds. The molecule has 0 aliphatic carbocycles. The van der Waals surface area contributed by atoms with Crippen LogP contribution in [-0.4, -0.2) is 24.8 Å². The smallest absolute Gasteiger partial charge is 0.331 e. The van der Waals surface area contributed by atoms with Crippen LogP contribution >= 0.6 is 0 Å². The first-order chi connectivity index (χ1) is 5.59. The zero-order chi connectivity index (χ0) is 9.14. The molecule has 0 aromatic rings. The van der Waals surface area contributed by atoms with E-state index >= 15 is 0 Å². The van der Waals surface area contributed by atoms with Crippen molar-refractivity contribution in [1.82, 2.24) is 0 Å². The van der Waals surface area contributed by atoms with E-state index in [1.807, 2.05) is 20.8 Å². The molecular weight excluding hydrogens is 156 g/mol. The van der Waals surface area contributed by atoms with Gasteiger partial charge in [-0.2, -0.15) is 0 Å². The highest BCUT2D eigenvalue weighted by atomic mass is 16.6. The lowest BCUT2D eigenvalue weighted by atomic mass is 10.3. The van der Waals surface area contributed by atoms with Gasteiger partial charge >= 0.3 is 5.97 Å². The van der Waals surface area contributed by atoms with Crippen LogP contribution in [0.1, 0.15) is 20.8 Å². The number of hydrogen-bond acceptors (Lipinski definition) is 3. The molecule has 0 saturated carbocycles. The molecule has 0 radical (unpaired) electrons. The molecule has 3 heteroatoms. The minimum Gasteiger partial charge on any atom is -0.457 e. The fraction of sp³-hybridized carbons (Fsp3) is 0.667. The molecule has 2 atom stereocenters. The number of esters is 1. The lowest BCUT2D eigenvalue weighted by Gasteiger charge is -2.07. The van der Waals surface area contributed by atoms with Crippen molar-refractivity contribution in [2.75, 3.05) is 6.61 Å². The quantitative estimate of drug-likeness (QED) is 0.364. The maximum Gasteiger partial charge on any atom is 0.331 e. The second kappa shape index (κ2) is 3.72. The Balaban J connectivity index is 2.29. The summed E-state index contributed by atoms with van der Waals surface area (Å²) < 4.78 is 10.0. The van der Waals surface area contributed by atoms with Crippen LogP contribution in [0.3, 0.4) is 0 Å². The molecular formula is C9H14O3. The number of epoxide rings is 1. The van der Waals surface area contributed by atoms with Crippen LogP contribution in [0.2, 0.25) is 0 Å². The number of rotatable bonds is 3. The van der Waals surface area contributed by atoms with Gasteiger partial charge in [0.05, 0.1) is 6.61 Å². The number of ether oxygens (including phenoxy) is 2. The summed E-state index contributed by atoms with van der Waals surface area (Å²) in [6.07, 6.45) is 1.49. The molecule has 1 fully saturated rings. The molecule has 0 bridgehead atoms. The topological polar surface area (TPSA) is 38.8 Å². The van der Waals surface area contributed by atoms with Crippen molar-refractivity contribution in [1.29, 1.82) is 0 Å². The van der Waals surface area contributed by atoms with Gasteiger partial charge in [0, 0.05) is 6.08 Å². The summed E-state index contributed by atoms with van der Waals surface area (Å²) in [4.78, 5) is 11.0. The molecule has 12 heavy (non-hydrogen) atoms. The van der Waals surface area contributed by atoms with Crippen LogP contribution in [0.25, 0.3) is 0 Å². The molecule has 1 rings (SSSR count). The van der Waals surface area contributed by atoms with Crippen molar-refractivity contribution in [2.24, 2.45) is 0 Å². The van der Waals surface area contributed by atoms with E-state index in [9.17, 15) is 4.79 Å². The monoisotopic (exact) mass is 170 g/mol. The summed E-state index contributed by atoms with van der Waals surface area (Å²) in [6.45, 7) is 6.27. The summed E-state index contributed by atoms with van der Waals surface area (Å²) in [5, 5.41) is 0. The minimum atomic E-state index is -0.280.